The third-order valence-corrected chi connectivity index (χ3v) is 6.99. The Labute approximate surface area is 190 Å². The maximum absolute atomic E-state index is 12.8. The van der Waals surface area contributed by atoms with Gasteiger partial charge in [0, 0.05) is 50.3 Å². The number of H-pyrrole nitrogens is 1. The predicted molar refractivity (Wildman–Crippen MR) is 125 cm³/mol. The molecule has 1 saturated heterocycles. The summed E-state index contributed by atoms with van der Waals surface area (Å²) in [5.74, 6) is 0.700. The van der Waals surface area contributed by atoms with Gasteiger partial charge in [-0.1, -0.05) is 24.6 Å². The fourth-order valence-corrected chi connectivity index (χ4v) is 5.38. The molecule has 2 aromatic heterocycles. The second kappa shape index (κ2) is 8.84. The van der Waals surface area contributed by atoms with E-state index in [1.54, 1.807) is 36.4 Å². The lowest BCUT2D eigenvalue weighted by atomic mass is 9.83. The average molecular weight is 449 g/mol. The molecule has 2 atom stereocenters. The summed E-state index contributed by atoms with van der Waals surface area (Å²) < 4.78 is 3.12. The zero-order valence-corrected chi connectivity index (χ0v) is 18.5. The van der Waals surface area contributed by atoms with Gasteiger partial charge in [0.2, 0.25) is 5.91 Å². The summed E-state index contributed by atoms with van der Waals surface area (Å²) in [6.45, 7) is 2.40. The van der Waals surface area contributed by atoms with Crippen molar-refractivity contribution in [2.75, 3.05) is 13.1 Å². The van der Waals surface area contributed by atoms with Crippen LogP contribution in [0, 0.1) is 5.92 Å². The van der Waals surface area contributed by atoms with E-state index in [1.165, 1.54) is 4.57 Å². The molecular formula is C25H28N4O4. The quantitative estimate of drug-likeness (QED) is 0.584. The Morgan fingerprint density at radius 3 is 2.67 bits per heavy atom. The van der Waals surface area contributed by atoms with Crippen LogP contribution in [0.1, 0.15) is 43.7 Å². The van der Waals surface area contributed by atoms with Crippen LogP contribution in [0.5, 0.6) is 0 Å². The fourth-order valence-electron chi connectivity index (χ4n) is 5.38. The van der Waals surface area contributed by atoms with Gasteiger partial charge < -0.3 is 14.5 Å². The Morgan fingerprint density at radius 1 is 0.939 bits per heavy atom. The first-order chi connectivity index (χ1) is 16.0. The van der Waals surface area contributed by atoms with Gasteiger partial charge in [-0.3, -0.25) is 19.0 Å². The standard InChI is InChI=1S/C25H28N4O4/c30-22(27-14-17-13-18(16-27)21-9-6-11-23(31)29(21)15-17)10-2-1-5-12-28-24(32)19-7-3-4-8-20(19)26-25(28)33/h3-4,6-9,11,17-18H,1-2,5,10,12-16H2,(H,26,33). The van der Waals surface area contributed by atoms with E-state index < -0.39 is 5.69 Å². The number of fused-ring (bicyclic) bond motifs is 5. The van der Waals surface area contributed by atoms with Crippen LogP contribution in [0.4, 0.5) is 0 Å². The molecule has 172 valence electrons. The summed E-state index contributed by atoms with van der Waals surface area (Å²) in [6, 6.07) is 12.4. The molecule has 2 bridgehead atoms. The molecule has 1 amide bonds. The fraction of sp³-hybridized carbons (Fsp3) is 0.440. The molecule has 0 spiro atoms. The van der Waals surface area contributed by atoms with Crippen molar-refractivity contribution in [1.29, 1.82) is 0 Å². The van der Waals surface area contributed by atoms with Crippen molar-refractivity contribution < 1.29 is 4.79 Å². The van der Waals surface area contributed by atoms with Crippen molar-refractivity contribution in [2.45, 2.75) is 51.1 Å². The molecule has 1 fully saturated rings. The lowest BCUT2D eigenvalue weighted by Crippen LogP contribution is -2.49. The number of likely N-dealkylation sites (tertiary alicyclic amines) is 1. The van der Waals surface area contributed by atoms with E-state index in [4.69, 9.17) is 0 Å². The SMILES string of the molecule is O=C(CCCCCn1c(=O)[nH]c2ccccc2c1=O)N1CC2CC(C1)c1cccc(=O)n1C2. The number of benzene rings is 1. The monoisotopic (exact) mass is 448 g/mol. The molecule has 0 aliphatic carbocycles. The number of hydrogen-bond donors (Lipinski definition) is 1. The Bertz CT molecular complexity index is 1370. The van der Waals surface area contributed by atoms with Crippen LogP contribution >= 0.6 is 0 Å². The van der Waals surface area contributed by atoms with Crippen LogP contribution in [0.2, 0.25) is 0 Å². The van der Waals surface area contributed by atoms with E-state index in [9.17, 15) is 19.2 Å². The number of nitrogens with zero attached hydrogens (tertiary/aromatic N) is 3. The van der Waals surface area contributed by atoms with Gasteiger partial charge in [0.15, 0.2) is 0 Å². The first kappa shape index (κ1) is 21.4. The number of amides is 1. The number of carbonyl (C=O) groups excluding carboxylic acids is 1. The molecule has 33 heavy (non-hydrogen) atoms. The molecule has 2 unspecified atom stereocenters. The van der Waals surface area contributed by atoms with Crippen molar-refractivity contribution in [3.05, 3.63) is 79.4 Å². The lowest BCUT2D eigenvalue weighted by Gasteiger charge is -2.42. The van der Waals surface area contributed by atoms with E-state index in [0.29, 0.717) is 55.8 Å². The van der Waals surface area contributed by atoms with Gasteiger partial charge >= 0.3 is 5.69 Å². The zero-order chi connectivity index (χ0) is 22.9. The number of para-hydroxylation sites is 1. The molecule has 0 radical (unpaired) electrons. The molecule has 2 aliphatic rings. The van der Waals surface area contributed by atoms with Gasteiger partial charge in [-0.05, 0) is 43.4 Å². The largest absolute Gasteiger partial charge is 0.342 e. The normalized spacial score (nSPS) is 19.5. The highest BCUT2D eigenvalue weighted by atomic mass is 16.2. The second-order valence-corrected chi connectivity index (χ2v) is 9.24. The van der Waals surface area contributed by atoms with Gasteiger partial charge in [-0.15, -0.1) is 0 Å². The van der Waals surface area contributed by atoms with Crippen molar-refractivity contribution >= 4 is 16.8 Å². The van der Waals surface area contributed by atoms with E-state index >= 15 is 0 Å². The molecule has 1 N–H and O–H groups in total. The molecule has 3 aromatic rings. The Balaban J connectivity index is 1.14. The van der Waals surface area contributed by atoms with E-state index in [1.807, 2.05) is 15.5 Å². The molecule has 2 aliphatic heterocycles. The summed E-state index contributed by atoms with van der Waals surface area (Å²) in [5, 5.41) is 0.506. The number of aromatic amines is 1. The Hall–Kier alpha value is -3.42. The second-order valence-electron chi connectivity index (χ2n) is 9.24. The third-order valence-electron chi connectivity index (χ3n) is 6.99. The minimum atomic E-state index is -0.394. The van der Waals surface area contributed by atoms with Crippen LogP contribution < -0.4 is 16.8 Å². The minimum absolute atomic E-state index is 0.0475. The first-order valence-corrected chi connectivity index (χ1v) is 11.7. The predicted octanol–water partition coefficient (Wildman–Crippen LogP) is 2.06. The van der Waals surface area contributed by atoms with Gasteiger partial charge in [0.25, 0.3) is 11.1 Å². The smallest absolute Gasteiger partial charge is 0.328 e. The summed E-state index contributed by atoms with van der Waals surface area (Å²) in [4.78, 5) is 54.6. The maximum Gasteiger partial charge on any atom is 0.328 e. The van der Waals surface area contributed by atoms with Crippen LogP contribution in [-0.2, 0) is 17.9 Å². The average Bonchev–Trinajstić information content (AvgIpc) is 2.81. The molecular weight excluding hydrogens is 420 g/mol. The number of nitrogens with one attached hydrogen (secondary N) is 1. The number of piperidine rings is 1. The highest BCUT2D eigenvalue weighted by molar-refractivity contribution is 5.77. The number of unbranched alkanes of at least 4 members (excludes halogenated alkanes) is 2. The van der Waals surface area contributed by atoms with Crippen LogP contribution in [0.15, 0.2) is 56.8 Å². The van der Waals surface area contributed by atoms with Crippen molar-refractivity contribution in [2.24, 2.45) is 5.92 Å². The number of pyridine rings is 1. The summed E-state index contributed by atoms with van der Waals surface area (Å²) in [6.07, 6.45) is 3.65. The highest BCUT2D eigenvalue weighted by Crippen LogP contribution is 2.35. The Kier molecular flexibility index (Phi) is 5.74. The first-order valence-electron chi connectivity index (χ1n) is 11.7. The van der Waals surface area contributed by atoms with Gasteiger partial charge in [-0.2, -0.15) is 0 Å². The van der Waals surface area contributed by atoms with Crippen LogP contribution in [0.25, 0.3) is 10.9 Å². The van der Waals surface area contributed by atoms with Gasteiger partial charge in [0.05, 0.1) is 10.9 Å². The van der Waals surface area contributed by atoms with Crippen molar-refractivity contribution in [3.63, 3.8) is 0 Å². The molecule has 4 heterocycles. The van der Waals surface area contributed by atoms with E-state index in [2.05, 4.69) is 4.98 Å². The summed E-state index contributed by atoms with van der Waals surface area (Å²) >= 11 is 0. The third kappa shape index (κ3) is 4.17. The van der Waals surface area contributed by atoms with Gasteiger partial charge in [0.1, 0.15) is 0 Å². The van der Waals surface area contributed by atoms with Crippen LogP contribution in [0.3, 0.4) is 0 Å². The molecule has 1 aromatic carbocycles. The summed E-state index contributed by atoms with van der Waals surface area (Å²) in [7, 11) is 0. The van der Waals surface area contributed by atoms with Crippen molar-refractivity contribution in [1.82, 2.24) is 19.0 Å². The summed E-state index contributed by atoms with van der Waals surface area (Å²) in [5.41, 5.74) is 0.973. The minimum Gasteiger partial charge on any atom is -0.342 e. The number of aromatic nitrogens is 3. The van der Waals surface area contributed by atoms with Crippen LogP contribution in [-0.4, -0.2) is 38.0 Å². The van der Waals surface area contributed by atoms with Crippen molar-refractivity contribution in [3.8, 4) is 0 Å². The maximum atomic E-state index is 12.8. The topological polar surface area (TPSA) is 97.2 Å². The number of hydrogen-bond acceptors (Lipinski definition) is 4. The molecule has 5 rings (SSSR count). The molecule has 0 saturated carbocycles. The lowest BCUT2D eigenvalue weighted by molar-refractivity contribution is -0.134. The van der Waals surface area contributed by atoms with Gasteiger partial charge in [-0.25, -0.2) is 4.79 Å². The zero-order valence-electron chi connectivity index (χ0n) is 18.5. The highest BCUT2D eigenvalue weighted by Gasteiger charge is 2.35. The molecule has 8 heteroatoms. The molecule has 8 nitrogen and oxygen atoms in total. The number of carbonyl (C=O) groups is 1. The van der Waals surface area contributed by atoms with E-state index in [0.717, 1.165) is 25.0 Å². The number of rotatable bonds is 6. The van der Waals surface area contributed by atoms with E-state index in [-0.39, 0.29) is 22.9 Å². The Morgan fingerprint density at radius 2 is 1.79 bits per heavy atom.